The molecule has 22 nitrogen and oxygen atoms in total. The zero-order valence-corrected chi connectivity index (χ0v) is 50.1. The lowest BCUT2D eigenvalue weighted by atomic mass is 9.77. The SMILES string of the molecule is Cc1ccc(CS(=O)(=O)ON2C(=O)C3C4C=CC(COCCCCCCCCCCOc5cc(C(=O)O)c(OCCCCCCCCCCOCC67C=CC(O6)C6C(=O)N(OS(=O)(=O)Cc8ccc(C)cc8)C(=O)C67)cc5C(=O)O)(O4)C3C2=O)cc1. The van der Waals surface area contributed by atoms with Crippen molar-refractivity contribution < 1.29 is 92.8 Å². The summed E-state index contributed by atoms with van der Waals surface area (Å²) in [6.45, 7) is 5.01. The number of aryl methyl sites for hydroxylation is 2. The summed E-state index contributed by atoms with van der Waals surface area (Å²) in [6, 6.07) is 16.0. The summed E-state index contributed by atoms with van der Waals surface area (Å²) in [7, 11) is -8.61. The zero-order chi connectivity index (χ0) is 61.2. The zero-order valence-electron chi connectivity index (χ0n) is 48.5. The Morgan fingerprint density at radius 3 is 1.15 bits per heavy atom. The minimum atomic E-state index is -4.31. The molecular formula is C62H76N2O20S2. The van der Waals surface area contributed by atoms with Crippen molar-refractivity contribution in [1.29, 1.82) is 0 Å². The number of hydroxylamine groups is 4. The molecule has 86 heavy (non-hydrogen) atoms. The first kappa shape index (κ1) is 64.1. The molecule has 2 N–H and O–H groups in total. The van der Waals surface area contributed by atoms with Crippen LogP contribution in [0.2, 0.25) is 0 Å². The first-order valence-corrected chi connectivity index (χ1v) is 32.9. The highest BCUT2D eigenvalue weighted by Gasteiger charge is 2.70. The molecule has 0 radical (unpaired) electrons. The van der Waals surface area contributed by atoms with Crippen molar-refractivity contribution in [2.45, 2.75) is 151 Å². The number of carboxylic acid groups (broad SMARTS) is 2. The third kappa shape index (κ3) is 15.1. The van der Waals surface area contributed by atoms with E-state index in [1.54, 1.807) is 72.8 Å². The maximum absolute atomic E-state index is 13.5. The van der Waals surface area contributed by atoms with Crippen molar-refractivity contribution in [3.63, 3.8) is 0 Å². The molecule has 3 aromatic rings. The number of rotatable bonds is 38. The van der Waals surface area contributed by atoms with E-state index < -0.39 is 114 Å². The maximum atomic E-state index is 13.5. The van der Waals surface area contributed by atoms with Gasteiger partial charge >= 0.3 is 11.9 Å². The molecule has 0 spiro atoms. The number of ether oxygens (including phenoxy) is 6. The number of carboxylic acids is 2. The summed E-state index contributed by atoms with van der Waals surface area (Å²) in [5, 5.41) is 20.7. The maximum Gasteiger partial charge on any atom is 0.339 e. The molecule has 6 heterocycles. The fourth-order valence-corrected chi connectivity index (χ4v) is 14.2. The van der Waals surface area contributed by atoms with Crippen LogP contribution in [-0.4, -0.2) is 136 Å². The van der Waals surface area contributed by atoms with Gasteiger partial charge in [-0.05, 0) is 62.8 Å². The van der Waals surface area contributed by atoms with Crippen molar-refractivity contribution >= 4 is 55.8 Å². The van der Waals surface area contributed by atoms with Gasteiger partial charge in [0.2, 0.25) is 0 Å². The number of amides is 4. The molecule has 4 saturated heterocycles. The number of hydrogen-bond acceptors (Lipinski definition) is 18. The van der Waals surface area contributed by atoms with Gasteiger partial charge in [-0.1, -0.05) is 161 Å². The number of carbonyl (C=O) groups is 6. The lowest BCUT2D eigenvalue weighted by Gasteiger charge is -2.28. The monoisotopic (exact) mass is 1230 g/mol. The van der Waals surface area contributed by atoms with Crippen molar-refractivity contribution in [2.24, 2.45) is 23.7 Å². The highest BCUT2D eigenvalue weighted by molar-refractivity contribution is 7.86. The number of nitrogens with zero attached hydrogens (tertiary/aromatic N) is 2. The van der Waals surface area contributed by atoms with Gasteiger partial charge in [0.1, 0.15) is 45.3 Å². The molecule has 8 atom stereocenters. The van der Waals surface area contributed by atoms with Gasteiger partial charge in [0.25, 0.3) is 43.9 Å². The summed E-state index contributed by atoms with van der Waals surface area (Å²) in [6.07, 6.45) is 19.4. The highest BCUT2D eigenvalue weighted by atomic mass is 32.2. The van der Waals surface area contributed by atoms with E-state index in [9.17, 15) is 55.8 Å². The second kappa shape index (κ2) is 28.2. The molecule has 3 aromatic carbocycles. The van der Waals surface area contributed by atoms with Crippen LogP contribution in [0.1, 0.15) is 146 Å². The number of unbranched alkanes of at least 4 members (excludes halogenated alkanes) is 14. The molecule has 6 aliphatic rings. The van der Waals surface area contributed by atoms with Crippen LogP contribution >= 0.6 is 0 Å². The van der Waals surface area contributed by atoms with Gasteiger partial charge in [-0.2, -0.15) is 16.8 Å². The fourth-order valence-electron chi connectivity index (χ4n) is 12.2. The molecule has 9 rings (SSSR count). The molecule has 466 valence electrons. The lowest BCUT2D eigenvalue weighted by molar-refractivity contribution is -0.172. The molecule has 24 heteroatoms. The molecule has 0 saturated carbocycles. The van der Waals surface area contributed by atoms with Gasteiger partial charge in [-0.15, -0.1) is 18.7 Å². The Morgan fingerprint density at radius 2 is 0.814 bits per heavy atom. The number of fused-ring (bicyclic) bond motifs is 10. The Bertz CT molecular complexity index is 3040. The van der Waals surface area contributed by atoms with Crippen molar-refractivity contribution in [2.75, 3.05) is 39.6 Å². The summed E-state index contributed by atoms with van der Waals surface area (Å²) < 4.78 is 97.4. The molecule has 6 aliphatic heterocycles. The van der Waals surface area contributed by atoms with Crippen LogP contribution in [0, 0.1) is 37.5 Å². The van der Waals surface area contributed by atoms with Gasteiger partial charge in [-0.3, -0.25) is 19.2 Å². The average molecular weight is 1230 g/mol. The van der Waals surface area contributed by atoms with Crippen molar-refractivity contribution in [1.82, 2.24) is 10.1 Å². The first-order chi connectivity index (χ1) is 41.2. The second-order valence-corrected chi connectivity index (χ2v) is 26.3. The van der Waals surface area contributed by atoms with Crippen LogP contribution in [0.15, 0.2) is 85.0 Å². The van der Waals surface area contributed by atoms with E-state index in [0.717, 1.165) is 101 Å². The van der Waals surface area contributed by atoms with Crippen LogP contribution in [0.25, 0.3) is 0 Å². The minimum Gasteiger partial charge on any atom is -0.493 e. The molecule has 8 unspecified atom stereocenters. The Hall–Kier alpha value is -6.38. The Morgan fingerprint density at radius 1 is 0.488 bits per heavy atom. The van der Waals surface area contributed by atoms with E-state index >= 15 is 0 Å². The Kier molecular flexibility index (Phi) is 21.0. The average Bonchev–Trinajstić information content (AvgIpc) is 1.58. The lowest BCUT2D eigenvalue weighted by Crippen LogP contribution is -2.44. The molecule has 4 fully saturated rings. The third-order valence-electron chi connectivity index (χ3n) is 16.6. The van der Waals surface area contributed by atoms with Crippen molar-refractivity contribution in [3.8, 4) is 11.5 Å². The highest BCUT2D eigenvalue weighted by Crippen LogP contribution is 2.53. The summed E-state index contributed by atoms with van der Waals surface area (Å²) >= 11 is 0. The van der Waals surface area contributed by atoms with Gasteiger partial charge in [0.15, 0.2) is 0 Å². The molecular weight excluding hydrogens is 1160 g/mol. The van der Waals surface area contributed by atoms with E-state index in [1.807, 2.05) is 13.8 Å². The normalized spacial score (nSPS) is 24.4. The van der Waals surface area contributed by atoms with Crippen LogP contribution in [0.4, 0.5) is 0 Å². The van der Waals surface area contributed by atoms with Gasteiger partial charge in [-0.25, -0.2) is 9.59 Å². The first-order valence-electron chi connectivity index (χ1n) is 29.7. The van der Waals surface area contributed by atoms with Crippen LogP contribution in [0.3, 0.4) is 0 Å². The van der Waals surface area contributed by atoms with E-state index in [4.69, 9.17) is 37.0 Å². The number of aromatic carboxylic acids is 2. The number of hydrogen-bond donors (Lipinski definition) is 2. The van der Waals surface area contributed by atoms with Crippen LogP contribution in [-0.2, 0) is 78.4 Å². The molecule has 0 aliphatic carbocycles. The van der Waals surface area contributed by atoms with Crippen LogP contribution in [0.5, 0.6) is 11.5 Å². The number of benzene rings is 3. The largest absolute Gasteiger partial charge is 0.493 e. The summed E-state index contributed by atoms with van der Waals surface area (Å²) in [4.78, 5) is 78.0. The topological polar surface area (TPSA) is 291 Å². The summed E-state index contributed by atoms with van der Waals surface area (Å²) in [5.74, 6) is -10.4. The van der Waals surface area contributed by atoms with Gasteiger partial charge in [0, 0.05) is 13.2 Å². The predicted octanol–water partition coefficient (Wildman–Crippen LogP) is 8.27. The Labute approximate surface area is 501 Å². The predicted molar refractivity (Wildman–Crippen MR) is 308 cm³/mol. The van der Waals surface area contributed by atoms with E-state index in [1.165, 1.54) is 12.1 Å². The number of imide groups is 2. The standard InChI is InChI=1S/C62H76N2O20S2/c1-41-19-23-43(24-20-41)37-85(73,74)83-63-55(65)51-47-27-29-61(81-47,53(51)57(63)67)39-77-31-15-11-7-3-5-9-13-17-33-79-49-35-46(60(71)72)50(36-45(49)59(69)70)80-34-18-14-10-6-4-8-12-16-32-78-40-62-30-28-48(82-62)52-54(62)58(68)64(56(52)66)84-86(75,76)38-44-25-21-42(2)22-26-44/h19-30,35-36,47-48,51-54H,3-18,31-34,37-40H2,1-2H3,(H,69,70)(H,71,72). The van der Waals surface area contributed by atoms with Gasteiger partial charge in [0.05, 0.1) is 62.3 Å². The van der Waals surface area contributed by atoms with E-state index in [0.29, 0.717) is 47.3 Å². The molecule has 4 amide bonds. The molecule has 4 bridgehead atoms. The fraction of sp³-hybridized carbons (Fsp3) is 0.548. The summed E-state index contributed by atoms with van der Waals surface area (Å²) in [5.41, 5.74) is 0.0719. The van der Waals surface area contributed by atoms with Crippen LogP contribution < -0.4 is 9.47 Å². The third-order valence-corrected chi connectivity index (χ3v) is 18.7. The molecule has 0 aromatic heterocycles. The quantitative estimate of drug-likeness (QED) is 0.0310. The van der Waals surface area contributed by atoms with E-state index in [-0.39, 0.29) is 49.1 Å². The Balaban J connectivity index is 0.588. The number of carbonyl (C=O) groups excluding carboxylic acids is 4. The van der Waals surface area contributed by atoms with Crippen molar-refractivity contribution in [3.05, 3.63) is 118 Å². The van der Waals surface area contributed by atoms with E-state index in [2.05, 4.69) is 0 Å². The smallest absolute Gasteiger partial charge is 0.339 e. The second-order valence-electron chi connectivity index (χ2n) is 23.2. The minimum absolute atomic E-state index is 0.0258. The van der Waals surface area contributed by atoms with Gasteiger partial charge < -0.3 is 38.6 Å².